The molecule has 0 fully saturated rings. The lowest BCUT2D eigenvalue weighted by atomic mass is 10.1. The van der Waals surface area contributed by atoms with Gasteiger partial charge in [-0.15, -0.1) is 0 Å². The number of rotatable bonds is 3. The minimum atomic E-state index is -0.345. The summed E-state index contributed by atoms with van der Waals surface area (Å²) in [6.07, 6.45) is 1.74. The summed E-state index contributed by atoms with van der Waals surface area (Å²) in [4.78, 5) is -0.0948. The maximum atomic E-state index is 13.4. The largest absolute Gasteiger partial charge is 0.207 e. The molecule has 0 saturated carbocycles. The van der Waals surface area contributed by atoms with Gasteiger partial charge in [-0.05, 0) is 31.0 Å². The van der Waals surface area contributed by atoms with Gasteiger partial charge < -0.3 is 0 Å². The first-order valence-electron chi connectivity index (χ1n) is 4.65. The quantitative estimate of drug-likeness (QED) is 0.704. The summed E-state index contributed by atoms with van der Waals surface area (Å²) in [7, 11) is 0. The first kappa shape index (κ1) is 11.6. The monoisotopic (exact) mass is 262 g/mol. The Labute approximate surface area is 91.5 Å². The van der Waals surface area contributed by atoms with Crippen LogP contribution in [0.1, 0.15) is 35.7 Å². The number of aryl methyl sites for hydroxylation is 1. The average Bonchev–Trinajstić information content (AvgIpc) is 2.11. The van der Waals surface area contributed by atoms with Crippen LogP contribution in [0.4, 0.5) is 8.78 Å². The van der Waals surface area contributed by atoms with Gasteiger partial charge in [0.05, 0.1) is 0 Å². The van der Waals surface area contributed by atoms with Gasteiger partial charge in [0.2, 0.25) is 0 Å². The van der Waals surface area contributed by atoms with E-state index in [4.69, 9.17) is 0 Å². The Morgan fingerprint density at radius 3 is 2.50 bits per heavy atom. The Balaban J connectivity index is 3.02. The third kappa shape index (κ3) is 2.53. The number of halogens is 3. The SMILES string of the molecule is CCCC(Br)c1cc(F)c(C)cc1F. The first-order chi connectivity index (χ1) is 6.56. The van der Waals surface area contributed by atoms with Crippen molar-refractivity contribution in [3.05, 3.63) is 34.9 Å². The van der Waals surface area contributed by atoms with Crippen LogP contribution in [0, 0.1) is 18.6 Å². The second-order valence-corrected chi connectivity index (χ2v) is 4.48. The molecule has 0 nitrogen and oxygen atoms in total. The average molecular weight is 263 g/mol. The van der Waals surface area contributed by atoms with Crippen molar-refractivity contribution < 1.29 is 8.78 Å². The highest BCUT2D eigenvalue weighted by molar-refractivity contribution is 9.09. The molecule has 0 heterocycles. The molecule has 0 spiro atoms. The van der Waals surface area contributed by atoms with E-state index in [1.54, 1.807) is 6.92 Å². The van der Waals surface area contributed by atoms with Crippen LogP contribution in [-0.4, -0.2) is 0 Å². The third-order valence-corrected chi connectivity index (χ3v) is 3.11. The molecule has 1 rings (SSSR count). The van der Waals surface area contributed by atoms with Crippen LogP contribution in [0.5, 0.6) is 0 Å². The minimum absolute atomic E-state index is 0.0948. The molecule has 0 saturated heterocycles. The molecule has 0 N–H and O–H groups in total. The van der Waals surface area contributed by atoms with Crippen molar-refractivity contribution in [1.82, 2.24) is 0 Å². The Hall–Kier alpha value is -0.440. The summed E-state index contributed by atoms with van der Waals surface area (Å²) < 4.78 is 26.6. The van der Waals surface area contributed by atoms with Gasteiger partial charge in [0, 0.05) is 10.4 Å². The fourth-order valence-electron chi connectivity index (χ4n) is 1.31. The molecular weight excluding hydrogens is 250 g/mol. The van der Waals surface area contributed by atoms with Crippen molar-refractivity contribution in [2.24, 2.45) is 0 Å². The second-order valence-electron chi connectivity index (χ2n) is 3.38. The van der Waals surface area contributed by atoms with E-state index in [2.05, 4.69) is 15.9 Å². The molecule has 0 aromatic heterocycles. The summed E-state index contributed by atoms with van der Waals surface area (Å²) in [6.45, 7) is 3.57. The molecule has 0 aliphatic rings. The van der Waals surface area contributed by atoms with E-state index in [1.807, 2.05) is 6.92 Å². The van der Waals surface area contributed by atoms with E-state index in [-0.39, 0.29) is 16.5 Å². The lowest BCUT2D eigenvalue weighted by molar-refractivity contribution is 0.573. The van der Waals surface area contributed by atoms with E-state index in [0.717, 1.165) is 12.8 Å². The van der Waals surface area contributed by atoms with Crippen LogP contribution in [0.2, 0.25) is 0 Å². The number of hydrogen-bond acceptors (Lipinski definition) is 0. The Morgan fingerprint density at radius 2 is 1.93 bits per heavy atom. The molecule has 0 amide bonds. The van der Waals surface area contributed by atoms with Crippen LogP contribution >= 0.6 is 15.9 Å². The summed E-state index contributed by atoms with van der Waals surface area (Å²) >= 11 is 3.35. The van der Waals surface area contributed by atoms with Crippen molar-refractivity contribution >= 4 is 15.9 Å². The Morgan fingerprint density at radius 1 is 1.29 bits per heavy atom. The van der Waals surface area contributed by atoms with E-state index in [1.165, 1.54) is 12.1 Å². The summed E-state index contributed by atoms with van der Waals surface area (Å²) in [5, 5.41) is 0. The number of alkyl halides is 1. The zero-order chi connectivity index (χ0) is 10.7. The van der Waals surface area contributed by atoms with Crippen molar-refractivity contribution in [2.45, 2.75) is 31.5 Å². The molecule has 0 aliphatic heterocycles. The molecule has 1 aromatic rings. The maximum Gasteiger partial charge on any atom is 0.128 e. The van der Waals surface area contributed by atoms with Crippen LogP contribution in [0.25, 0.3) is 0 Å². The second kappa shape index (κ2) is 4.87. The predicted octanol–water partition coefficient (Wildman–Crippen LogP) is 4.51. The smallest absolute Gasteiger partial charge is 0.128 e. The van der Waals surface area contributed by atoms with Crippen LogP contribution < -0.4 is 0 Å². The molecule has 3 heteroatoms. The molecule has 0 radical (unpaired) electrons. The third-order valence-electron chi connectivity index (χ3n) is 2.16. The van der Waals surface area contributed by atoms with Gasteiger partial charge in [0.15, 0.2) is 0 Å². The van der Waals surface area contributed by atoms with Crippen molar-refractivity contribution in [3.8, 4) is 0 Å². The highest BCUT2D eigenvalue weighted by Crippen LogP contribution is 2.30. The molecular formula is C11H13BrF2. The topological polar surface area (TPSA) is 0 Å². The highest BCUT2D eigenvalue weighted by Gasteiger charge is 2.14. The van der Waals surface area contributed by atoms with Gasteiger partial charge >= 0.3 is 0 Å². The molecule has 1 aromatic carbocycles. The summed E-state index contributed by atoms with van der Waals surface area (Å²) in [6, 6.07) is 2.52. The molecule has 0 aliphatic carbocycles. The molecule has 78 valence electrons. The van der Waals surface area contributed by atoms with E-state index >= 15 is 0 Å². The molecule has 1 atom stereocenters. The van der Waals surface area contributed by atoms with E-state index in [9.17, 15) is 8.78 Å². The molecule has 0 bridgehead atoms. The van der Waals surface area contributed by atoms with Crippen LogP contribution in [-0.2, 0) is 0 Å². The van der Waals surface area contributed by atoms with Gasteiger partial charge in [-0.25, -0.2) is 8.78 Å². The fraction of sp³-hybridized carbons (Fsp3) is 0.455. The zero-order valence-corrected chi connectivity index (χ0v) is 9.87. The maximum absolute atomic E-state index is 13.4. The van der Waals surface area contributed by atoms with Crippen molar-refractivity contribution in [1.29, 1.82) is 0 Å². The minimum Gasteiger partial charge on any atom is -0.207 e. The fourth-order valence-corrected chi connectivity index (χ4v) is 2.12. The number of benzene rings is 1. The Bertz CT molecular complexity index is 323. The highest BCUT2D eigenvalue weighted by atomic mass is 79.9. The Kier molecular flexibility index (Phi) is 4.05. The summed E-state index contributed by atoms with van der Waals surface area (Å²) in [5.41, 5.74) is 0.761. The lowest BCUT2D eigenvalue weighted by Gasteiger charge is -2.11. The number of hydrogen-bond donors (Lipinski definition) is 0. The van der Waals surface area contributed by atoms with Crippen molar-refractivity contribution in [2.75, 3.05) is 0 Å². The van der Waals surface area contributed by atoms with Crippen LogP contribution in [0.3, 0.4) is 0 Å². The first-order valence-corrected chi connectivity index (χ1v) is 5.57. The van der Waals surface area contributed by atoms with E-state index in [0.29, 0.717) is 11.1 Å². The standard InChI is InChI=1S/C11H13BrF2/c1-3-4-9(12)8-6-10(13)7(2)5-11(8)14/h5-6,9H,3-4H2,1-2H3. The van der Waals surface area contributed by atoms with E-state index < -0.39 is 0 Å². The van der Waals surface area contributed by atoms with Gasteiger partial charge in [-0.3, -0.25) is 0 Å². The lowest BCUT2D eigenvalue weighted by Crippen LogP contribution is -1.97. The summed E-state index contributed by atoms with van der Waals surface area (Å²) in [5.74, 6) is -0.679. The van der Waals surface area contributed by atoms with Crippen molar-refractivity contribution in [3.63, 3.8) is 0 Å². The van der Waals surface area contributed by atoms with Gasteiger partial charge in [0.1, 0.15) is 11.6 Å². The van der Waals surface area contributed by atoms with Gasteiger partial charge in [-0.1, -0.05) is 29.3 Å². The predicted molar refractivity (Wildman–Crippen MR) is 57.7 cm³/mol. The zero-order valence-electron chi connectivity index (χ0n) is 8.28. The van der Waals surface area contributed by atoms with Crippen LogP contribution in [0.15, 0.2) is 12.1 Å². The normalized spacial score (nSPS) is 12.9. The molecule has 1 unspecified atom stereocenters. The van der Waals surface area contributed by atoms with Gasteiger partial charge in [-0.2, -0.15) is 0 Å². The molecule has 14 heavy (non-hydrogen) atoms. The van der Waals surface area contributed by atoms with Gasteiger partial charge in [0.25, 0.3) is 0 Å².